The SMILES string of the molecule is FC(F)(F)Oc1ccc2c(c1)CC(c1ccc(Cl)cc1Cl)N2. The van der Waals surface area contributed by atoms with Gasteiger partial charge in [0.15, 0.2) is 0 Å². The number of rotatable bonds is 2. The Balaban J connectivity index is 1.83. The van der Waals surface area contributed by atoms with Gasteiger partial charge in [-0.25, -0.2) is 0 Å². The second-order valence-electron chi connectivity index (χ2n) is 4.93. The third-order valence-electron chi connectivity index (χ3n) is 3.40. The molecule has 0 bridgehead atoms. The van der Waals surface area contributed by atoms with Gasteiger partial charge in [-0.2, -0.15) is 0 Å². The van der Waals surface area contributed by atoms with Crippen molar-refractivity contribution in [2.45, 2.75) is 18.8 Å². The van der Waals surface area contributed by atoms with Crippen molar-refractivity contribution in [2.24, 2.45) is 0 Å². The second kappa shape index (κ2) is 5.56. The molecule has 1 aliphatic rings. The van der Waals surface area contributed by atoms with Crippen molar-refractivity contribution in [3.8, 4) is 5.75 Å². The van der Waals surface area contributed by atoms with Crippen molar-refractivity contribution < 1.29 is 17.9 Å². The molecule has 2 aromatic rings. The lowest BCUT2D eigenvalue weighted by molar-refractivity contribution is -0.274. The smallest absolute Gasteiger partial charge is 0.406 e. The zero-order valence-electron chi connectivity index (χ0n) is 11.0. The maximum atomic E-state index is 12.3. The first-order valence-corrected chi connectivity index (χ1v) is 7.17. The van der Waals surface area contributed by atoms with E-state index >= 15 is 0 Å². The van der Waals surface area contributed by atoms with Crippen LogP contribution in [0, 0.1) is 0 Å². The highest BCUT2D eigenvalue weighted by Crippen LogP contribution is 2.39. The fourth-order valence-corrected chi connectivity index (χ4v) is 3.05. The minimum Gasteiger partial charge on any atom is -0.406 e. The van der Waals surface area contributed by atoms with Gasteiger partial charge in [0.1, 0.15) is 5.75 Å². The van der Waals surface area contributed by atoms with Crippen molar-refractivity contribution in [1.29, 1.82) is 0 Å². The zero-order valence-corrected chi connectivity index (χ0v) is 12.6. The van der Waals surface area contributed by atoms with Crippen LogP contribution in [0.25, 0.3) is 0 Å². The normalized spacial score (nSPS) is 17.0. The highest BCUT2D eigenvalue weighted by atomic mass is 35.5. The van der Waals surface area contributed by atoms with Gasteiger partial charge >= 0.3 is 6.36 Å². The lowest BCUT2D eigenvalue weighted by Gasteiger charge is -2.13. The fraction of sp³-hybridized carbons (Fsp3) is 0.200. The molecular formula is C15H10Cl2F3NO. The van der Waals surface area contributed by atoms with Crippen LogP contribution in [0.2, 0.25) is 10.0 Å². The number of fused-ring (bicyclic) bond motifs is 1. The lowest BCUT2D eigenvalue weighted by atomic mass is 10.0. The maximum Gasteiger partial charge on any atom is 0.573 e. The first-order valence-electron chi connectivity index (χ1n) is 6.42. The minimum atomic E-state index is -4.70. The Morgan fingerprint density at radius 3 is 2.55 bits per heavy atom. The first kappa shape index (κ1) is 15.3. The van der Waals surface area contributed by atoms with E-state index in [0.29, 0.717) is 16.5 Å². The molecule has 0 spiro atoms. The highest BCUT2D eigenvalue weighted by molar-refractivity contribution is 6.35. The van der Waals surface area contributed by atoms with Gasteiger partial charge in [0.25, 0.3) is 0 Å². The van der Waals surface area contributed by atoms with Crippen molar-refractivity contribution in [3.63, 3.8) is 0 Å². The topological polar surface area (TPSA) is 21.3 Å². The van der Waals surface area contributed by atoms with Crippen LogP contribution in [0.4, 0.5) is 18.9 Å². The molecule has 0 saturated carbocycles. The number of benzene rings is 2. The predicted molar refractivity (Wildman–Crippen MR) is 79.7 cm³/mol. The standard InChI is InChI=1S/C15H10Cl2F3NO/c16-9-1-3-11(12(17)7-9)14-6-8-5-10(22-15(18,19)20)2-4-13(8)21-14/h1-5,7,14,21H,6H2. The van der Waals surface area contributed by atoms with Crippen molar-refractivity contribution in [2.75, 3.05) is 5.32 Å². The summed E-state index contributed by atoms with van der Waals surface area (Å²) in [7, 11) is 0. The van der Waals surface area contributed by atoms with Crippen LogP contribution < -0.4 is 10.1 Å². The van der Waals surface area contributed by atoms with Gasteiger partial charge in [0, 0.05) is 15.7 Å². The molecule has 7 heteroatoms. The Bertz CT molecular complexity index is 718. The third-order valence-corrected chi connectivity index (χ3v) is 3.96. The number of halogens is 5. The molecule has 0 amide bonds. The molecule has 2 aromatic carbocycles. The summed E-state index contributed by atoms with van der Waals surface area (Å²) in [4.78, 5) is 0. The van der Waals surface area contributed by atoms with Gasteiger partial charge < -0.3 is 10.1 Å². The average molecular weight is 348 g/mol. The summed E-state index contributed by atoms with van der Waals surface area (Å²) < 4.78 is 40.7. The van der Waals surface area contributed by atoms with Gasteiger partial charge in [0.05, 0.1) is 6.04 Å². The summed E-state index contributed by atoms with van der Waals surface area (Å²) in [6.45, 7) is 0. The largest absolute Gasteiger partial charge is 0.573 e. The summed E-state index contributed by atoms with van der Waals surface area (Å²) >= 11 is 12.0. The van der Waals surface area contributed by atoms with Crippen molar-refractivity contribution >= 4 is 28.9 Å². The molecular weight excluding hydrogens is 338 g/mol. The van der Waals surface area contributed by atoms with Crippen molar-refractivity contribution in [3.05, 3.63) is 57.6 Å². The molecule has 1 unspecified atom stereocenters. The molecule has 0 aliphatic carbocycles. The van der Waals surface area contributed by atoms with Crippen LogP contribution in [0.15, 0.2) is 36.4 Å². The molecule has 1 atom stereocenters. The summed E-state index contributed by atoms with van der Waals surface area (Å²) in [5.41, 5.74) is 2.36. The molecule has 1 heterocycles. The Kier molecular flexibility index (Phi) is 3.87. The molecule has 0 fully saturated rings. The zero-order chi connectivity index (χ0) is 15.9. The van der Waals surface area contributed by atoms with Gasteiger partial charge in [-0.15, -0.1) is 13.2 Å². The van der Waals surface area contributed by atoms with Crippen LogP contribution in [0.5, 0.6) is 5.75 Å². The number of hydrogen-bond donors (Lipinski definition) is 1. The van der Waals surface area contributed by atoms with E-state index in [-0.39, 0.29) is 11.8 Å². The average Bonchev–Trinajstić information content (AvgIpc) is 2.79. The second-order valence-corrected chi connectivity index (χ2v) is 5.78. The number of nitrogens with one attached hydrogen (secondary N) is 1. The van der Waals surface area contributed by atoms with Crippen LogP contribution in [0.3, 0.4) is 0 Å². The molecule has 1 aliphatic heterocycles. The summed E-state index contributed by atoms with van der Waals surface area (Å²) in [5, 5.41) is 4.29. The van der Waals surface area contributed by atoms with E-state index in [1.807, 2.05) is 0 Å². The van der Waals surface area contributed by atoms with Crippen LogP contribution >= 0.6 is 23.2 Å². The summed E-state index contributed by atoms with van der Waals surface area (Å²) in [5.74, 6) is -0.226. The van der Waals surface area contributed by atoms with Gasteiger partial charge in [-0.3, -0.25) is 0 Å². The maximum absolute atomic E-state index is 12.3. The van der Waals surface area contributed by atoms with Crippen LogP contribution in [0.1, 0.15) is 17.2 Å². The van der Waals surface area contributed by atoms with E-state index in [2.05, 4.69) is 10.1 Å². The number of alkyl halides is 3. The summed E-state index contributed by atoms with van der Waals surface area (Å²) in [6, 6.07) is 9.31. The number of anilines is 1. The van der Waals surface area contributed by atoms with E-state index in [9.17, 15) is 13.2 Å². The molecule has 22 heavy (non-hydrogen) atoms. The molecule has 116 valence electrons. The van der Waals surface area contributed by atoms with E-state index in [1.165, 1.54) is 12.1 Å². The number of ether oxygens (including phenoxy) is 1. The fourth-order valence-electron chi connectivity index (χ4n) is 2.51. The molecule has 2 nitrogen and oxygen atoms in total. The Morgan fingerprint density at radius 1 is 1.09 bits per heavy atom. The van der Waals surface area contributed by atoms with Crippen LogP contribution in [-0.4, -0.2) is 6.36 Å². The lowest BCUT2D eigenvalue weighted by Crippen LogP contribution is -2.17. The minimum absolute atomic E-state index is 0.110. The van der Waals surface area contributed by atoms with Crippen LogP contribution in [-0.2, 0) is 6.42 Å². The monoisotopic (exact) mass is 347 g/mol. The first-order chi connectivity index (χ1) is 10.3. The molecule has 0 saturated heterocycles. The Morgan fingerprint density at radius 2 is 1.86 bits per heavy atom. The molecule has 0 aromatic heterocycles. The van der Waals surface area contributed by atoms with E-state index in [0.717, 1.165) is 16.8 Å². The summed E-state index contributed by atoms with van der Waals surface area (Å²) in [6.07, 6.45) is -4.18. The van der Waals surface area contributed by atoms with Gasteiger partial charge in [0.2, 0.25) is 0 Å². The Hall–Kier alpha value is -1.59. The number of hydrogen-bond acceptors (Lipinski definition) is 2. The van der Waals surface area contributed by atoms with Gasteiger partial charge in [-0.1, -0.05) is 29.3 Å². The van der Waals surface area contributed by atoms with E-state index in [4.69, 9.17) is 23.2 Å². The predicted octanol–water partition coefficient (Wildman–Crippen LogP) is 5.60. The third kappa shape index (κ3) is 3.25. The molecule has 1 N–H and O–H groups in total. The highest BCUT2D eigenvalue weighted by Gasteiger charge is 2.32. The Labute approximate surface area is 134 Å². The van der Waals surface area contributed by atoms with E-state index in [1.54, 1.807) is 24.3 Å². The van der Waals surface area contributed by atoms with Gasteiger partial charge in [-0.05, 0) is 47.9 Å². The molecule has 0 radical (unpaired) electrons. The van der Waals surface area contributed by atoms with Crippen molar-refractivity contribution in [1.82, 2.24) is 0 Å². The molecule has 3 rings (SSSR count). The van der Waals surface area contributed by atoms with E-state index < -0.39 is 6.36 Å². The quantitative estimate of drug-likeness (QED) is 0.763.